The summed E-state index contributed by atoms with van der Waals surface area (Å²) in [7, 11) is 1.21. The molecule has 0 aliphatic carbocycles. The van der Waals surface area contributed by atoms with Crippen molar-refractivity contribution < 1.29 is 34.1 Å². The number of nitrogens with one attached hydrogen (secondary N) is 2. The maximum atomic E-state index is 13.2. The highest BCUT2D eigenvalue weighted by molar-refractivity contribution is 9.10. The van der Waals surface area contributed by atoms with Gasteiger partial charge >= 0.3 is 12.1 Å². The van der Waals surface area contributed by atoms with Gasteiger partial charge in [0, 0.05) is 12.8 Å². The molecule has 2 rings (SSSR count). The smallest absolute Gasteiger partial charge is 0.408 e. The molecule has 0 spiro atoms. The lowest BCUT2D eigenvalue weighted by Crippen LogP contribution is -2.53. The number of alkyl carbamates (subject to hydrolysis) is 1. The van der Waals surface area contributed by atoms with Crippen molar-refractivity contribution in [1.29, 1.82) is 0 Å². The van der Waals surface area contributed by atoms with Crippen LogP contribution in [0.1, 0.15) is 31.9 Å². The van der Waals surface area contributed by atoms with Gasteiger partial charge < -0.3 is 30.3 Å². The molecule has 4 N–H and O–H groups in total. The normalized spacial score (nSPS) is 12.9. The first-order chi connectivity index (χ1) is 15.9. The standard InChI is InChI=1S/C24H29BrN2O7/c1-24(2,3)34-23(32)27-18(12-14-5-8-16(28)9-6-14)21(30)26-19(22(31)33-4)13-15-7-10-20(29)17(25)11-15/h5-11,18-19,28-29H,12-13H2,1-4H3,(H,26,30)(H,27,32). The zero-order valence-corrected chi connectivity index (χ0v) is 21.0. The Hall–Kier alpha value is -3.27. The number of carbonyl (C=O) groups excluding carboxylic acids is 3. The lowest BCUT2D eigenvalue weighted by atomic mass is 10.0. The van der Waals surface area contributed by atoms with Crippen LogP contribution in [0.25, 0.3) is 0 Å². The molecular formula is C24H29BrN2O7. The van der Waals surface area contributed by atoms with Crippen molar-refractivity contribution in [3.63, 3.8) is 0 Å². The third kappa shape index (κ3) is 8.58. The van der Waals surface area contributed by atoms with Crippen molar-refractivity contribution in [3.05, 3.63) is 58.1 Å². The van der Waals surface area contributed by atoms with Crippen molar-refractivity contribution in [2.24, 2.45) is 0 Å². The maximum absolute atomic E-state index is 13.2. The van der Waals surface area contributed by atoms with Gasteiger partial charge in [-0.2, -0.15) is 0 Å². The zero-order chi connectivity index (χ0) is 25.5. The first-order valence-electron chi connectivity index (χ1n) is 10.5. The van der Waals surface area contributed by atoms with Crippen LogP contribution in [0, 0.1) is 0 Å². The fourth-order valence-corrected chi connectivity index (χ4v) is 3.47. The molecule has 0 saturated carbocycles. The van der Waals surface area contributed by atoms with E-state index < -0.39 is 35.7 Å². The van der Waals surface area contributed by atoms with Crippen molar-refractivity contribution in [1.82, 2.24) is 10.6 Å². The number of esters is 1. The molecule has 0 aliphatic rings. The van der Waals surface area contributed by atoms with E-state index >= 15 is 0 Å². The van der Waals surface area contributed by atoms with Gasteiger partial charge in [0.1, 0.15) is 29.2 Å². The molecule has 2 aromatic rings. The summed E-state index contributed by atoms with van der Waals surface area (Å²) in [6.07, 6.45) is -0.608. The fraction of sp³-hybridized carbons (Fsp3) is 0.375. The van der Waals surface area contributed by atoms with Gasteiger partial charge in [-0.3, -0.25) is 4.79 Å². The summed E-state index contributed by atoms with van der Waals surface area (Å²) in [4.78, 5) is 37.9. The number of methoxy groups -OCH3 is 1. The predicted molar refractivity (Wildman–Crippen MR) is 128 cm³/mol. The average Bonchev–Trinajstić information content (AvgIpc) is 2.75. The molecule has 2 amide bonds. The molecule has 9 nitrogen and oxygen atoms in total. The van der Waals surface area contributed by atoms with Crippen LogP contribution >= 0.6 is 15.9 Å². The minimum atomic E-state index is -1.07. The van der Waals surface area contributed by atoms with Gasteiger partial charge in [-0.15, -0.1) is 0 Å². The Bertz CT molecular complexity index is 1020. The molecule has 0 heterocycles. The molecular weight excluding hydrogens is 508 g/mol. The maximum Gasteiger partial charge on any atom is 0.408 e. The molecule has 0 aliphatic heterocycles. The molecule has 0 aromatic heterocycles. The number of aromatic hydroxyl groups is 2. The highest BCUT2D eigenvalue weighted by Gasteiger charge is 2.29. The number of hydrogen-bond acceptors (Lipinski definition) is 7. The van der Waals surface area contributed by atoms with E-state index in [1.807, 2.05) is 0 Å². The number of benzene rings is 2. The van der Waals surface area contributed by atoms with Gasteiger partial charge in [-0.05, 0) is 72.1 Å². The first-order valence-corrected chi connectivity index (χ1v) is 11.3. The quantitative estimate of drug-likeness (QED) is 0.380. The summed E-state index contributed by atoms with van der Waals surface area (Å²) in [5.74, 6) is -1.18. The topological polar surface area (TPSA) is 134 Å². The highest BCUT2D eigenvalue weighted by Crippen LogP contribution is 2.25. The summed E-state index contributed by atoms with van der Waals surface area (Å²) in [6.45, 7) is 5.10. The van der Waals surface area contributed by atoms with E-state index in [-0.39, 0.29) is 24.3 Å². The van der Waals surface area contributed by atoms with Crippen LogP contribution in [-0.4, -0.2) is 53.0 Å². The molecule has 0 saturated heterocycles. The zero-order valence-electron chi connectivity index (χ0n) is 19.4. The van der Waals surface area contributed by atoms with E-state index in [4.69, 9.17) is 9.47 Å². The highest BCUT2D eigenvalue weighted by atomic mass is 79.9. The molecule has 10 heteroatoms. The lowest BCUT2D eigenvalue weighted by Gasteiger charge is -2.25. The van der Waals surface area contributed by atoms with Crippen LogP contribution in [0.2, 0.25) is 0 Å². The van der Waals surface area contributed by atoms with Crippen LogP contribution in [0.4, 0.5) is 4.79 Å². The Labute approximate surface area is 206 Å². The average molecular weight is 537 g/mol. The van der Waals surface area contributed by atoms with Gasteiger partial charge in [-0.1, -0.05) is 18.2 Å². The molecule has 2 atom stereocenters. The van der Waals surface area contributed by atoms with Crippen LogP contribution in [0.3, 0.4) is 0 Å². The summed E-state index contributed by atoms with van der Waals surface area (Å²) < 4.78 is 10.6. The van der Waals surface area contributed by atoms with Gasteiger partial charge in [0.15, 0.2) is 0 Å². The monoisotopic (exact) mass is 536 g/mol. The Balaban J connectivity index is 2.23. The molecule has 2 unspecified atom stereocenters. The van der Waals surface area contributed by atoms with Crippen molar-refractivity contribution in [3.8, 4) is 11.5 Å². The number of halogens is 1. The molecule has 184 valence electrons. The second kappa shape index (κ2) is 11.7. The van der Waals surface area contributed by atoms with E-state index in [1.165, 1.54) is 25.3 Å². The van der Waals surface area contributed by atoms with Crippen molar-refractivity contribution in [2.45, 2.75) is 51.3 Å². The lowest BCUT2D eigenvalue weighted by molar-refractivity contribution is -0.145. The minimum Gasteiger partial charge on any atom is -0.508 e. The molecule has 34 heavy (non-hydrogen) atoms. The van der Waals surface area contributed by atoms with Crippen LogP contribution in [0.15, 0.2) is 46.9 Å². The minimum absolute atomic E-state index is 0.0397. The van der Waals surface area contributed by atoms with E-state index in [9.17, 15) is 24.6 Å². The summed E-state index contributed by atoms with van der Waals surface area (Å²) in [5.41, 5.74) is 0.562. The molecule has 0 radical (unpaired) electrons. The van der Waals surface area contributed by atoms with Gasteiger partial charge in [0.2, 0.25) is 5.91 Å². The second-order valence-electron chi connectivity index (χ2n) is 8.64. The molecule has 0 bridgehead atoms. The number of hydrogen-bond donors (Lipinski definition) is 4. The van der Waals surface area contributed by atoms with E-state index in [0.29, 0.717) is 15.6 Å². The van der Waals surface area contributed by atoms with Crippen LogP contribution in [0.5, 0.6) is 11.5 Å². The van der Waals surface area contributed by atoms with E-state index in [2.05, 4.69) is 26.6 Å². The SMILES string of the molecule is COC(=O)C(Cc1ccc(O)c(Br)c1)NC(=O)C(Cc1ccc(O)cc1)NC(=O)OC(C)(C)C. The van der Waals surface area contributed by atoms with Crippen LogP contribution < -0.4 is 10.6 Å². The molecule has 2 aromatic carbocycles. The summed E-state index contributed by atoms with van der Waals surface area (Å²) in [5, 5.41) is 24.4. The van der Waals surface area contributed by atoms with Crippen LogP contribution in [-0.2, 0) is 31.9 Å². The first kappa shape index (κ1) is 27.0. The summed E-state index contributed by atoms with van der Waals surface area (Å²) >= 11 is 3.22. The van der Waals surface area contributed by atoms with Gasteiger partial charge in [-0.25, -0.2) is 9.59 Å². The predicted octanol–water partition coefficient (Wildman–Crippen LogP) is 3.20. The third-order valence-corrected chi connectivity index (χ3v) is 5.27. The Morgan fingerprint density at radius 1 is 0.941 bits per heavy atom. The number of amides is 2. The van der Waals surface area contributed by atoms with Crippen molar-refractivity contribution in [2.75, 3.05) is 7.11 Å². The molecule has 0 fully saturated rings. The Morgan fingerprint density at radius 2 is 1.53 bits per heavy atom. The number of phenolic OH excluding ortho intramolecular Hbond substituents is 2. The van der Waals surface area contributed by atoms with E-state index in [1.54, 1.807) is 45.0 Å². The van der Waals surface area contributed by atoms with Crippen molar-refractivity contribution >= 4 is 33.9 Å². The number of phenols is 2. The number of rotatable bonds is 8. The third-order valence-electron chi connectivity index (χ3n) is 4.64. The summed E-state index contributed by atoms with van der Waals surface area (Å²) in [6, 6.07) is 8.79. The largest absolute Gasteiger partial charge is 0.508 e. The fourth-order valence-electron chi connectivity index (χ4n) is 3.05. The second-order valence-corrected chi connectivity index (χ2v) is 9.50. The number of ether oxygens (including phenoxy) is 2. The Kier molecular flexibility index (Phi) is 9.31. The van der Waals surface area contributed by atoms with Gasteiger partial charge in [0.25, 0.3) is 0 Å². The number of carbonyl (C=O) groups is 3. The Morgan fingerprint density at radius 3 is 2.09 bits per heavy atom. The van der Waals surface area contributed by atoms with E-state index in [0.717, 1.165) is 0 Å². The van der Waals surface area contributed by atoms with Gasteiger partial charge in [0.05, 0.1) is 11.6 Å².